The van der Waals surface area contributed by atoms with Crippen molar-refractivity contribution in [1.29, 1.82) is 0 Å². The Balaban J connectivity index is 1.23. The first-order valence-electron chi connectivity index (χ1n) is 14.3. The zero-order valence-electron chi connectivity index (χ0n) is 23.6. The van der Waals surface area contributed by atoms with Crippen molar-refractivity contribution in [2.45, 2.75) is 37.6 Å². The van der Waals surface area contributed by atoms with Crippen LogP contribution in [0.15, 0.2) is 119 Å². The highest BCUT2D eigenvalue weighted by molar-refractivity contribution is 7.89. The van der Waals surface area contributed by atoms with Crippen molar-refractivity contribution in [3.63, 3.8) is 0 Å². The first-order chi connectivity index (χ1) is 20.5. The molecule has 1 aliphatic rings. The number of hydrogen-bond donors (Lipinski definition) is 0. The number of nitrogens with zero attached hydrogens (tertiary/aromatic N) is 4. The van der Waals surface area contributed by atoms with Crippen LogP contribution in [0.2, 0.25) is 0 Å². The number of benzene rings is 3. The van der Waals surface area contributed by atoms with E-state index in [1.165, 1.54) is 11.1 Å². The van der Waals surface area contributed by atoms with Crippen LogP contribution in [-0.2, 0) is 23.0 Å². The number of thiazole rings is 1. The zero-order chi connectivity index (χ0) is 28.9. The highest BCUT2D eigenvalue weighted by atomic mass is 32.2. The van der Waals surface area contributed by atoms with Gasteiger partial charge in [0, 0.05) is 30.9 Å². The molecule has 8 heteroatoms. The summed E-state index contributed by atoms with van der Waals surface area (Å²) in [5, 5.41) is 2.09. The minimum absolute atomic E-state index is 0.339. The van der Waals surface area contributed by atoms with Gasteiger partial charge in [0.1, 0.15) is 0 Å². The largest absolute Gasteiger partial charge is 0.312 e. The van der Waals surface area contributed by atoms with E-state index in [1.54, 1.807) is 34.0 Å². The molecule has 3 heterocycles. The fraction of sp³-hybridized carbons (Fsp3) is 0.235. The molecule has 6 nitrogen and oxygen atoms in total. The average Bonchev–Trinajstić information content (AvgIpc) is 3.41. The van der Waals surface area contributed by atoms with Gasteiger partial charge in [0.25, 0.3) is 0 Å². The van der Waals surface area contributed by atoms with Crippen LogP contribution in [0, 0.1) is 12.8 Å². The predicted molar refractivity (Wildman–Crippen MR) is 169 cm³/mol. The van der Waals surface area contributed by atoms with Crippen LogP contribution in [-0.4, -0.2) is 35.4 Å². The molecular formula is C34H34N4O2S2. The Morgan fingerprint density at radius 1 is 0.881 bits per heavy atom. The molecule has 5 aromatic rings. The maximum Gasteiger partial charge on any atom is 0.243 e. The van der Waals surface area contributed by atoms with Gasteiger partial charge in [-0.2, -0.15) is 4.31 Å². The first kappa shape index (κ1) is 28.3. The van der Waals surface area contributed by atoms with Crippen molar-refractivity contribution in [1.82, 2.24) is 13.9 Å². The van der Waals surface area contributed by atoms with Crippen molar-refractivity contribution in [2.24, 2.45) is 10.9 Å². The molecule has 3 aromatic carbocycles. The Labute approximate surface area is 251 Å². The summed E-state index contributed by atoms with van der Waals surface area (Å²) >= 11 is 1.57. The topological polar surface area (TPSA) is 67.6 Å². The lowest BCUT2D eigenvalue weighted by molar-refractivity contribution is 0.273. The summed E-state index contributed by atoms with van der Waals surface area (Å²) in [6.07, 6.45) is 6.39. The highest BCUT2D eigenvalue weighted by Gasteiger charge is 2.29. The molecule has 6 rings (SSSR count). The molecular weight excluding hydrogens is 561 g/mol. The van der Waals surface area contributed by atoms with Crippen LogP contribution in [0.5, 0.6) is 0 Å². The molecule has 0 N–H and O–H groups in total. The smallest absolute Gasteiger partial charge is 0.243 e. The summed E-state index contributed by atoms with van der Waals surface area (Å²) in [5.74, 6) is 0.509. The van der Waals surface area contributed by atoms with E-state index >= 15 is 0 Å². The standard InChI is InChI=1S/C34H34N4O2S2/c1-26-9-13-31(14-10-26)36-34-38(24-29-8-5-19-35-23-29)33(25-41-34)30-11-15-32(16-12-30)42(39,40)37-20-17-28(18-21-37)22-27-6-3-2-4-7-27/h2-16,19,23,25,28H,17-18,20-22,24H2,1H3. The maximum absolute atomic E-state index is 13.5. The molecule has 1 saturated heterocycles. The Morgan fingerprint density at radius 3 is 2.29 bits per heavy atom. The molecule has 1 aliphatic heterocycles. The summed E-state index contributed by atoms with van der Waals surface area (Å²) in [4.78, 5) is 10.4. The number of aryl methyl sites for hydroxylation is 1. The van der Waals surface area contributed by atoms with Gasteiger partial charge in [-0.25, -0.2) is 13.4 Å². The van der Waals surface area contributed by atoms with Gasteiger partial charge in [-0.15, -0.1) is 11.3 Å². The van der Waals surface area contributed by atoms with Gasteiger partial charge < -0.3 is 4.57 Å². The van der Waals surface area contributed by atoms with E-state index in [0.29, 0.717) is 30.4 Å². The molecule has 0 aliphatic carbocycles. The number of aromatic nitrogens is 2. The second-order valence-electron chi connectivity index (χ2n) is 10.9. The van der Waals surface area contributed by atoms with Gasteiger partial charge in [0.2, 0.25) is 10.0 Å². The van der Waals surface area contributed by atoms with Gasteiger partial charge in [-0.3, -0.25) is 4.98 Å². The van der Waals surface area contributed by atoms with E-state index in [9.17, 15) is 8.42 Å². The molecule has 0 amide bonds. The molecule has 0 radical (unpaired) electrons. The molecule has 0 bridgehead atoms. The molecule has 214 valence electrons. The lowest BCUT2D eigenvalue weighted by Crippen LogP contribution is -2.38. The van der Waals surface area contributed by atoms with Crippen LogP contribution in [0.4, 0.5) is 5.69 Å². The summed E-state index contributed by atoms with van der Waals surface area (Å²) in [7, 11) is -3.55. The van der Waals surface area contributed by atoms with E-state index in [-0.39, 0.29) is 0 Å². The van der Waals surface area contributed by atoms with Crippen LogP contribution in [0.3, 0.4) is 0 Å². The lowest BCUT2D eigenvalue weighted by atomic mass is 9.91. The molecule has 2 aromatic heterocycles. The van der Waals surface area contributed by atoms with E-state index < -0.39 is 10.0 Å². The van der Waals surface area contributed by atoms with Crippen molar-refractivity contribution < 1.29 is 8.42 Å². The Bertz CT molecular complexity index is 1790. The summed E-state index contributed by atoms with van der Waals surface area (Å²) in [6, 6.07) is 29.9. The normalized spacial score (nSPS) is 15.2. The van der Waals surface area contributed by atoms with Crippen LogP contribution < -0.4 is 4.80 Å². The fourth-order valence-corrected chi connectivity index (χ4v) is 7.85. The fourth-order valence-electron chi connectivity index (χ4n) is 5.45. The third-order valence-corrected chi connectivity index (χ3v) is 10.6. The summed E-state index contributed by atoms with van der Waals surface area (Å²) < 4.78 is 30.9. The summed E-state index contributed by atoms with van der Waals surface area (Å²) in [5.41, 5.74) is 6.40. The molecule has 42 heavy (non-hydrogen) atoms. The minimum Gasteiger partial charge on any atom is -0.312 e. The average molecular weight is 595 g/mol. The minimum atomic E-state index is -3.55. The van der Waals surface area contributed by atoms with Crippen molar-refractivity contribution in [2.75, 3.05) is 13.1 Å². The second-order valence-corrected chi connectivity index (χ2v) is 13.6. The molecule has 0 saturated carbocycles. The van der Waals surface area contributed by atoms with Gasteiger partial charge in [0.05, 0.1) is 22.8 Å². The Kier molecular flexibility index (Phi) is 8.46. The molecule has 0 unspecified atom stereocenters. The third-order valence-electron chi connectivity index (χ3n) is 7.85. The van der Waals surface area contributed by atoms with Crippen LogP contribution >= 0.6 is 11.3 Å². The SMILES string of the molecule is Cc1ccc(N=c2scc(-c3ccc(S(=O)(=O)N4CCC(Cc5ccccc5)CC4)cc3)n2Cc2cccnc2)cc1. The number of rotatable bonds is 8. The Morgan fingerprint density at radius 2 is 1.60 bits per heavy atom. The molecule has 1 fully saturated rings. The van der Waals surface area contributed by atoms with Crippen molar-refractivity contribution in [3.05, 3.63) is 130 Å². The van der Waals surface area contributed by atoms with Crippen LogP contribution in [0.25, 0.3) is 11.3 Å². The van der Waals surface area contributed by atoms with E-state index in [2.05, 4.69) is 64.3 Å². The number of hydrogen-bond acceptors (Lipinski definition) is 5. The van der Waals surface area contributed by atoms with Crippen molar-refractivity contribution >= 4 is 27.0 Å². The van der Waals surface area contributed by atoms with Gasteiger partial charge >= 0.3 is 0 Å². The van der Waals surface area contributed by atoms with Crippen LogP contribution in [0.1, 0.15) is 29.5 Å². The Hall–Kier alpha value is -3.85. The molecule has 0 spiro atoms. The number of sulfonamides is 1. The summed E-state index contributed by atoms with van der Waals surface area (Å²) in [6.45, 7) is 3.78. The number of pyridine rings is 1. The highest BCUT2D eigenvalue weighted by Crippen LogP contribution is 2.28. The lowest BCUT2D eigenvalue weighted by Gasteiger charge is -2.31. The monoisotopic (exact) mass is 594 g/mol. The quantitative estimate of drug-likeness (QED) is 0.197. The van der Waals surface area contributed by atoms with E-state index in [4.69, 9.17) is 4.99 Å². The first-order valence-corrected chi connectivity index (χ1v) is 16.6. The van der Waals surface area contributed by atoms with Crippen molar-refractivity contribution in [3.8, 4) is 11.3 Å². The maximum atomic E-state index is 13.5. The molecule has 0 atom stereocenters. The van der Waals surface area contributed by atoms with E-state index in [1.807, 2.05) is 42.6 Å². The van der Waals surface area contributed by atoms with E-state index in [0.717, 1.165) is 46.6 Å². The van der Waals surface area contributed by atoms with Gasteiger partial charge in [-0.1, -0.05) is 66.2 Å². The number of piperidine rings is 1. The van der Waals surface area contributed by atoms with Gasteiger partial charge in [0.15, 0.2) is 4.80 Å². The predicted octanol–water partition coefficient (Wildman–Crippen LogP) is 6.84. The zero-order valence-corrected chi connectivity index (χ0v) is 25.3. The van der Waals surface area contributed by atoms with Gasteiger partial charge in [-0.05, 0) is 79.1 Å². The second kappa shape index (κ2) is 12.6. The third kappa shape index (κ3) is 6.46.